The van der Waals surface area contributed by atoms with Gasteiger partial charge in [0, 0.05) is 24.0 Å². The Morgan fingerprint density at radius 1 is 1.18 bits per heavy atom. The monoisotopic (exact) mass is 459 g/mol. The SMILES string of the molecule is CN(CCC#N)C(=O)COC(=O)c1c2c(nc3ccccc13)/C(=C\c1ccc(Cl)cc1)CC2. The minimum atomic E-state index is -0.542. The number of fused-ring (bicyclic) bond motifs is 2. The summed E-state index contributed by atoms with van der Waals surface area (Å²) in [4.78, 5) is 31.7. The fraction of sp³-hybridized carbons (Fsp3) is 0.231. The molecule has 0 radical (unpaired) electrons. The number of nitriles is 1. The first-order chi connectivity index (χ1) is 16.0. The Balaban J connectivity index is 1.66. The molecule has 1 aromatic heterocycles. The van der Waals surface area contributed by atoms with Crippen LogP contribution in [0.4, 0.5) is 0 Å². The first-order valence-corrected chi connectivity index (χ1v) is 11.0. The smallest absolute Gasteiger partial charge is 0.339 e. The molecule has 0 N–H and O–H groups in total. The van der Waals surface area contributed by atoms with E-state index < -0.39 is 5.97 Å². The number of nitrogens with zero attached hydrogens (tertiary/aromatic N) is 3. The molecule has 0 aliphatic heterocycles. The second-order valence-electron chi connectivity index (χ2n) is 7.85. The molecule has 3 aromatic rings. The van der Waals surface area contributed by atoms with Gasteiger partial charge in [-0.1, -0.05) is 41.9 Å². The van der Waals surface area contributed by atoms with Crippen molar-refractivity contribution >= 4 is 46.0 Å². The van der Waals surface area contributed by atoms with E-state index in [1.807, 2.05) is 54.6 Å². The van der Waals surface area contributed by atoms with E-state index in [0.717, 1.165) is 28.8 Å². The minimum absolute atomic E-state index is 0.224. The van der Waals surface area contributed by atoms with Gasteiger partial charge in [-0.15, -0.1) is 0 Å². The Labute approximate surface area is 197 Å². The van der Waals surface area contributed by atoms with Gasteiger partial charge >= 0.3 is 5.97 Å². The van der Waals surface area contributed by atoms with Crippen molar-refractivity contribution in [1.82, 2.24) is 9.88 Å². The van der Waals surface area contributed by atoms with Crippen molar-refractivity contribution in [2.45, 2.75) is 19.3 Å². The summed E-state index contributed by atoms with van der Waals surface area (Å²) < 4.78 is 5.42. The van der Waals surface area contributed by atoms with Crippen LogP contribution < -0.4 is 0 Å². The summed E-state index contributed by atoms with van der Waals surface area (Å²) in [7, 11) is 1.58. The van der Waals surface area contributed by atoms with Crippen LogP contribution in [0, 0.1) is 11.3 Å². The number of carbonyl (C=O) groups is 2. The summed E-state index contributed by atoms with van der Waals surface area (Å²) in [5, 5.41) is 10.1. The molecule has 1 amide bonds. The molecule has 6 nitrogen and oxygen atoms in total. The molecule has 1 heterocycles. The van der Waals surface area contributed by atoms with Crippen molar-refractivity contribution in [2.75, 3.05) is 20.2 Å². The van der Waals surface area contributed by atoms with E-state index in [9.17, 15) is 9.59 Å². The molecule has 0 unspecified atom stereocenters. The van der Waals surface area contributed by atoms with Gasteiger partial charge in [0.2, 0.25) is 0 Å². The second kappa shape index (κ2) is 9.85. The molecular weight excluding hydrogens is 438 g/mol. The van der Waals surface area contributed by atoms with Crippen LogP contribution in [-0.4, -0.2) is 42.0 Å². The van der Waals surface area contributed by atoms with Gasteiger partial charge in [0.15, 0.2) is 6.61 Å². The Kier molecular flexibility index (Phi) is 6.71. The quantitative estimate of drug-likeness (QED) is 0.489. The Morgan fingerprint density at radius 2 is 1.94 bits per heavy atom. The van der Waals surface area contributed by atoms with Gasteiger partial charge in [-0.05, 0) is 53.8 Å². The maximum Gasteiger partial charge on any atom is 0.339 e. The van der Waals surface area contributed by atoms with E-state index in [0.29, 0.717) is 34.5 Å². The topological polar surface area (TPSA) is 83.3 Å². The lowest BCUT2D eigenvalue weighted by Gasteiger charge is -2.16. The molecule has 0 bridgehead atoms. The highest BCUT2D eigenvalue weighted by Crippen LogP contribution is 2.37. The number of pyridine rings is 1. The highest BCUT2D eigenvalue weighted by Gasteiger charge is 2.28. The molecule has 7 heteroatoms. The minimum Gasteiger partial charge on any atom is -0.452 e. The van der Waals surface area contributed by atoms with Gasteiger partial charge in [0.05, 0.1) is 29.3 Å². The summed E-state index contributed by atoms with van der Waals surface area (Å²) >= 11 is 6.00. The predicted octanol–water partition coefficient (Wildman–Crippen LogP) is 4.90. The Morgan fingerprint density at radius 3 is 2.70 bits per heavy atom. The van der Waals surface area contributed by atoms with Gasteiger partial charge in [0.1, 0.15) is 0 Å². The molecule has 0 spiro atoms. The Hall–Kier alpha value is -3.69. The third-order valence-electron chi connectivity index (χ3n) is 5.67. The number of likely N-dealkylation sites (N-methyl/N-ethyl adjacent to an activating group) is 1. The summed E-state index contributed by atoms with van der Waals surface area (Å²) in [6.07, 6.45) is 3.69. The molecule has 0 saturated carbocycles. The van der Waals surface area contributed by atoms with Crippen molar-refractivity contribution in [2.24, 2.45) is 0 Å². The van der Waals surface area contributed by atoms with Crippen molar-refractivity contribution in [3.8, 4) is 6.07 Å². The molecule has 1 aliphatic carbocycles. The molecule has 4 rings (SSSR count). The standard InChI is InChI=1S/C26H22ClN3O3/c1-30(14-4-13-28)23(31)16-33-26(32)24-20-5-2-3-6-22(20)29-25-18(9-12-21(24)25)15-17-7-10-19(27)11-8-17/h2-3,5-8,10-11,15H,4,9,12,14,16H2,1H3/b18-15-. The molecule has 0 saturated heterocycles. The molecule has 0 atom stereocenters. The van der Waals surface area contributed by atoms with Crippen molar-refractivity contribution in [1.29, 1.82) is 5.26 Å². The van der Waals surface area contributed by atoms with E-state index in [2.05, 4.69) is 6.08 Å². The summed E-state index contributed by atoms with van der Waals surface area (Å²) in [6, 6.07) is 17.0. The number of hydrogen-bond donors (Lipinski definition) is 0. The average molecular weight is 460 g/mol. The highest BCUT2D eigenvalue weighted by molar-refractivity contribution is 6.30. The zero-order valence-corrected chi connectivity index (χ0v) is 18.9. The van der Waals surface area contributed by atoms with Crippen molar-refractivity contribution in [3.05, 3.63) is 75.9 Å². The number of halogens is 1. The molecule has 1 aliphatic rings. The number of esters is 1. The van der Waals surface area contributed by atoms with Crippen LogP contribution in [-0.2, 0) is 16.0 Å². The lowest BCUT2D eigenvalue weighted by atomic mass is 10.0. The van der Waals surface area contributed by atoms with Gasteiger partial charge in [-0.25, -0.2) is 9.78 Å². The third kappa shape index (κ3) is 4.89. The van der Waals surface area contributed by atoms with Crippen LogP contribution >= 0.6 is 11.6 Å². The Bertz CT molecular complexity index is 1290. The fourth-order valence-electron chi connectivity index (χ4n) is 3.92. The lowest BCUT2D eigenvalue weighted by molar-refractivity contribution is -0.133. The number of allylic oxidation sites excluding steroid dienone is 1. The van der Waals surface area contributed by atoms with Crippen molar-refractivity contribution in [3.63, 3.8) is 0 Å². The summed E-state index contributed by atoms with van der Waals surface area (Å²) in [5.41, 5.74) is 4.83. The molecule has 2 aromatic carbocycles. The van der Waals surface area contributed by atoms with E-state index in [4.69, 9.17) is 26.6 Å². The molecule has 0 fully saturated rings. The molecule has 33 heavy (non-hydrogen) atoms. The van der Waals surface area contributed by atoms with Crippen LogP contribution in [0.15, 0.2) is 48.5 Å². The second-order valence-corrected chi connectivity index (χ2v) is 8.29. The number of aromatic nitrogens is 1. The third-order valence-corrected chi connectivity index (χ3v) is 5.92. The van der Waals surface area contributed by atoms with Gasteiger partial charge < -0.3 is 9.64 Å². The largest absolute Gasteiger partial charge is 0.452 e. The predicted molar refractivity (Wildman–Crippen MR) is 128 cm³/mol. The van der Waals surface area contributed by atoms with E-state index in [-0.39, 0.29) is 18.9 Å². The van der Waals surface area contributed by atoms with E-state index in [1.54, 1.807) is 7.05 Å². The highest BCUT2D eigenvalue weighted by atomic mass is 35.5. The number of carbonyl (C=O) groups excluding carboxylic acids is 2. The van der Waals surface area contributed by atoms with E-state index in [1.165, 1.54) is 4.90 Å². The first kappa shape index (κ1) is 22.5. The number of rotatable bonds is 6. The lowest BCUT2D eigenvalue weighted by Crippen LogP contribution is -2.32. The van der Waals surface area contributed by atoms with Crippen LogP contribution in [0.25, 0.3) is 22.6 Å². The summed E-state index contributed by atoms with van der Waals surface area (Å²) in [5.74, 6) is -0.892. The van der Waals surface area contributed by atoms with E-state index >= 15 is 0 Å². The zero-order chi connectivity index (χ0) is 23.4. The van der Waals surface area contributed by atoms with Crippen LogP contribution in [0.2, 0.25) is 5.02 Å². The first-order valence-electron chi connectivity index (χ1n) is 10.6. The van der Waals surface area contributed by atoms with Gasteiger partial charge in [0.25, 0.3) is 5.91 Å². The number of amides is 1. The zero-order valence-electron chi connectivity index (χ0n) is 18.2. The number of para-hydroxylation sites is 1. The summed E-state index contributed by atoms with van der Waals surface area (Å²) in [6.45, 7) is -0.0843. The maximum atomic E-state index is 13.2. The molecule has 166 valence electrons. The fourth-order valence-corrected chi connectivity index (χ4v) is 4.05. The number of ether oxygens (including phenoxy) is 1. The average Bonchev–Trinajstić information content (AvgIpc) is 3.22. The number of benzene rings is 2. The van der Waals surface area contributed by atoms with Gasteiger partial charge in [-0.2, -0.15) is 5.26 Å². The van der Waals surface area contributed by atoms with Crippen LogP contribution in [0.5, 0.6) is 0 Å². The van der Waals surface area contributed by atoms with Gasteiger partial charge in [-0.3, -0.25) is 4.79 Å². The van der Waals surface area contributed by atoms with Crippen LogP contribution in [0.1, 0.15) is 40.0 Å². The van der Waals surface area contributed by atoms with Crippen LogP contribution in [0.3, 0.4) is 0 Å². The van der Waals surface area contributed by atoms with Crippen molar-refractivity contribution < 1.29 is 14.3 Å². The normalized spacial score (nSPS) is 13.5. The molecular formula is C26H22ClN3O3. The maximum absolute atomic E-state index is 13.2. The number of hydrogen-bond acceptors (Lipinski definition) is 5.